The molecule has 2 aromatic carbocycles. The zero-order chi connectivity index (χ0) is 17.8. The summed E-state index contributed by atoms with van der Waals surface area (Å²) in [6, 6.07) is 14.2. The maximum atomic E-state index is 5.95. The molecule has 0 aliphatic rings. The van der Waals surface area contributed by atoms with Crippen LogP contribution in [0.5, 0.6) is 0 Å². The Morgan fingerprint density at radius 3 is 2.56 bits per heavy atom. The molecule has 0 saturated heterocycles. The van der Waals surface area contributed by atoms with Gasteiger partial charge in [-0.25, -0.2) is 9.98 Å². The van der Waals surface area contributed by atoms with Crippen LogP contribution < -0.4 is 11.1 Å². The summed E-state index contributed by atoms with van der Waals surface area (Å²) in [5.74, 6) is 1.59. The molecule has 0 aliphatic carbocycles. The van der Waals surface area contributed by atoms with Crippen molar-refractivity contribution in [3.8, 4) is 11.3 Å². The van der Waals surface area contributed by atoms with E-state index in [9.17, 15) is 0 Å². The number of hydrogen-bond acceptors (Lipinski definition) is 3. The molecule has 3 aromatic rings. The van der Waals surface area contributed by atoms with Crippen molar-refractivity contribution in [3.63, 3.8) is 0 Å². The first-order valence-electron chi connectivity index (χ1n) is 8.17. The van der Waals surface area contributed by atoms with Gasteiger partial charge in [0.25, 0.3) is 0 Å². The largest absolute Gasteiger partial charge is 0.439 e. The maximum Gasteiger partial charge on any atom is 0.216 e. The highest BCUT2D eigenvalue weighted by Crippen LogP contribution is 2.21. The lowest BCUT2D eigenvalue weighted by Gasteiger charge is -2.07. The predicted octanol–water partition coefficient (Wildman–Crippen LogP) is 4.19. The van der Waals surface area contributed by atoms with Gasteiger partial charge in [-0.05, 0) is 44.0 Å². The van der Waals surface area contributed by atoms with E-state index in [0.29, 0.717) is 11.9 Å². The molecule has 0 atom stereocenters. The van der Waals surface area contributed by atoms with Crippen LogP contribution in [0.4, 0.5) is 5.69 Å². The summed E-state index contributed by atoms with van der Waals surface area (Å²) >= 11 is 0. The molecule has 0 radical (unpaired) electrons. The van der Waals surface area contributed by atoms with Crippen LogP contribution in [0.25, 0.3) is 11.3 Å². The minimum absolute atomic E-state index is 0.287. The molecule has 0 unspecified atom stereocenters. The molecule has 3 N–H and O–H groups in total. The molecule has 25 heavy (non-hydrogen) atoms. The van der Waals surface area contributed by atoms with Crippen molar-refractivity contribution >= 4 is 11.6 Å². The topological polar surface area (TPSA) is 76.4 Å². The monoisotopic (exact) mass is 334 g/mol. The molecule has 0 amide bonds. The second-order valence-electron chi connectivity index (χ2n) is 6.11. The number of rotatable bonds is 4. The van der Waals surface area contributed by atoms with Crippen LogP contribution in [-0.4, -0.2) is 10.9 Å². The number of aryl methyl sites for hydroxylation is 3. The number of aliphatic imine (C=N–C) groups is 1. The van der Waals surface area contributed by atoms with Gasteiger partial charge in [-0.1, -0.05) is 35.9 Å². The molecule has 0 spiro atoms. The minimum atomic E-state index is 0.287. The van der Waals surface area contributed by atoms with Crippen molar-refractivity contribution in [2.75, 3.05) is 5.32 Å². The molecular formula is C20H22N4O. The molecular weight excluding hydrogens is 312 g/mol. The second kappa shape index (κ2) is 7.21. The number of benzene rings is 2. The van der Waals surface area contributed by atoms with Crippen LogP contribution in [0.3, 0.4) is 0 Å². The normalized spacial score (nSPS) is 11.6. The Morgan fingerprint density at radius 1 is 1.08 bits per heavy atom. The summed E-state index contributed by atoms with van der Waals surface area (Å²) in [4.78, 5) is 8.55. The first kappa shape index (κ1) is 16.8. The quantitative estimate of drug-likeness (QED) is 0.554. The number of anilines is 1. The highest BCUT2D eigenvalue weighted by Gasteiger charge is 2.06. The summed E-state index contributed by atoms with van der Waals surface area (Å²) in [5.41, 5.74) is 11.5. The van der Waals surface area contributed by atoms with Crippen molar-refractivity contribution in [3.05, 3.63) is 71.2 Å². The fourth-order valence-electron chi connectivity index (χ4n) is 2.39. The Kier molecular flexibility index (Phi) is 4.84. The van der Waals surface area contributed by atoms with E-state index in [1.54, 1.807) is 6.20 Å². The Hall–Kier alpha value is -3.08. The Bertz CT molecular complexity index is 894. The van der Waals surface area contributed by atoms with Gasteiger partial charge in [0.2, 0.25) is 5.89 Å². The standard InChI is InChI=1S/C20H22N4O/c1-13-4-7-16(8-5-13)18-11-22-19(25-18)12-23-20(21)24-17-9-6-14(2)15(3)10-17/h4-11H,12H2,1-3H3,(H3,21,23,24). The van der Waals surface area contributed by atoms with Crippen LogP contribution in [0.2, 0.25) is 0 Å². The SMILES string of the molecule is Cc1ccc(-c2cnc(CN=C(N)Nc3ccc(C)c(C)c3)o2)cc1. The fraction of sp³-hybridized carbons (Fsp3) is 0.200. The van der Waals surface area contributed by atoms with Crippen molar-refractivity contribution in [2.24, 2.45) is 10.7 Å². The molecule has 128 valence electrons. The van der Waals surface area contributed by atoms with Gasteiger partial charge < -0.3 is 15.5 Å². The zero-order valence-corrected chi connectivity index (χ0v) is 14.7. The summed E-state index contributed by atoms with van der Waals surface area (Å²) in [6.07, 6.45) is 1.71. The highest BCUT2D eigenvalue weighted by molar-refractivity contribution is 5.92. The van der Waals surface area contributed by atoms with Gasteiger partial charge in [0.15, 0.2) is 11.7 Å². The lowest BCUT2D eigenvalue weighted by molar-refractivity contribution is 0.510. The highest BCUT2D eigenvalue weighted by atomic mass is 16.4. The van der Waals surface area contributed by atoms with Crippen LogP contribution >= 0.6 is 0 Å². The van der Waals surface area contributed by atoms with Crippen molar-refractivity contribution in [1.82, 2.24) is 4.98 Å². The second-order valence-corrected chi connectivity index (χ2v) is 6.11. The number of hydrogen-bond donors (Lipinski definition) is 2. The van der Waals surface area contributed by atoms with Gasteiger partial charge >= 0.3 is 0 Å². The van der Waals surface area contributed by atoms with Crippen molar-refractivity contribution < 1.29 is 4.42 Å². The fourth-order valence-corrected chi connectivity index (χ4v) is 2.39. The summed E-state index contributed by atoms with van der Waals surface area (Å²) in [5, 5.41) is 3.08. The first-order valence-corrected chi connectivity index (χ1v) is 8.17. The lowest BCUT2D eigenvalue weighted by Crippen LogP contribution is -2.22. The van der Waals surface area contributed by atoms with Crippen LogP contribution in [-0.2, 0) is 6.54 Å². The molecule has 0 fully saturated rings. The maximum absolute atomic E-state index is 5.95. The van der Waals surface area contributed by atoms with E-state index in [2.05, 4.69) is 36.1 Å². The third kappa shape index (κ3) is 4.26. The number of guanidine groups is 1. The average molecular weight is 334 g/mol. The molecule has 0 aliphatic heterocycles. The van der Waals surface area contributed by atoms with Crippen LogP contribution in [0.1, 0.15) is 22.6 Å². The van der Waals surface area contributed by atoms with E-state index >= 15 is 0 Å². The molecule has 0 bridgehead atoms. The van der Waals surface area contributed by atoms with Crippen molar-refractivity contribution in [2.45, 2.75) is 27.3 Å². The average Bonchev–Trinajstić information content (AvgIpc) is 3.06. The third-order valence-corrected chi connectivity index (χ3v) is 4.05. The van der Waals surface area contributed by atoms with Gasteiger partial charge in [-0.2, -0.15) is 0 Å². The van der Waals surface area contributed by atoms with E-state index in [0.717, 1.165) is 17.0 Å². The van der Waals surface area contributed by atoms with E-state index in [-0.39, 0.29) is 6.54 Å². The van der Waals surface area contributed by atoms with Crippen molar-refractivity contribution in [1.29, 1.82) is 0 Å². The zero-order valence-electron chi connectivity index (χ0n) is 14.7. The Balaban J connectivity index is 1.65. The number of nitrogens with zero attached hydrogens (tertiary/aromatic N) is 2. The molecule has 5 heteroatoms. The lowest BCUT2D eigenvalue weighted by atomic mass is 10.1. The number of nitrogens with one attached hydrogen (secondary N) is 1. The number of nitrogens with two attached hydrogens (primary N) is 1. The van der Waals surface area contributed by atoms with Gasteiger partial charge in [0.1, 0.15) is 6.54 Å². The Morgan fingerprint density at radius 2 is 1.84 bits per heavy atom. The minimum Gasteiger partial charge on any atom is -0.439 e. The molecule has 3 rings (SSSR count). The van der Waals surface area contributed by atoms with E-state index < -0.39 is 0 Å². The summed E-state index contributed by atoms with van der Waals surface area (Å²) in [7, 11) is 0. The Labute approximate surface area is 147 Å². The first-order chi connectivity index (χ1) is 12.0. The molecule has 5 nitrogen and oxygen atoms in total. The molecule has 1 aromatic heterocycles. The smallest absolute Gasteiger partial charge is 0.216 e. The third-order valence-electron chi connectivity index (χ3n) is 4.05. The van der Waals surface area contributed by atoms with E-state index in [1.807, 2.05) is 42.5 Å². The molecule has 0 saturated carbocycles. The predicted molar refractivity (Wildman–Crippen MR) is 102 cm³/mol. The van der Waals surface area contributed by atoms with Gasteiger partial charge in [-0.15, -0.1) is 0 Å². The van der Waals surface area contributed by atoms with Gasteiger partial charge in [0.05, 0.1) is 6.20 Å². The van der Waals surface area contributed by atoms with Crippen LogP contribution in [0, 0.1) is 20.8 Å². The molecule has 1 heterocycles. The van der Waals surface area contributed by atoms with E-state index in [1.165, 1.54) is 16.7 Å². The number of aromatic nitrogens is 1. The summed E-state index contributed by atoms with van der Waals surface area (Å²) in [6.45, 7) is 6.48. The van der Waals surface area contributed by atoms with Gasteiger partial charge in [0, 0.05) is 11.3 Å². The number of oxazole rings is 1. The summed E-state index contributed by atoms with van der Waals surface area (Å²) < 4.78 is 5.74. The van der Waals surface area contributed by atoms with E-state index in [4.69, 9.17) is 10.2 Å². The van der Waals surface area contributed by atoms with Crippen LogP contribution in [0.15, 0.2) is 58.1 Å². The van der Waals surface area contributed by atoms with Gasteiger partial charge in [-0.3, -0.25) is 0 Å².